The van der Waals surface area contributed by atoms with Gasteiger partial charge in [-0.15, -0.1) is 0 Å². The number of carboxylic acid groups (broad SMARTS) is 1. The number of carbonyl (C=O) groups excluding carboxylic acids is 1. The van der Waals surface area contributed by atoms with Gasteiger partial charge in [-0.1, -0.05) is 156 Å². The van der Waals surface area contributed by atoms with Crippen molar-refractivity contribution in [3.8, 4) is 0 Å². The summed E-state index contributed by atoms with van der Waals surface area (Å²) < 4.78 is 33.4. The van der Waals surface area contributed by atoms with E-state index in [-0.39, 0.29) is 13.0 Å². The number of carbonyl (C=O) groups is 2. The van der Waals surface area contributed by atoms with Crippen LogP contribution < -0.4 is 5.73 Å². The van der Waals surface area contributed by atoms with Crippen molar-refractivity contribution in [3.05, 3.63) is 97.2 Å². The second-order valence-corrected chi connectivity index (χ2v) is 15.9. The summed E-state index contributed by atoms with van der Waals surface area (Å²) in [7, 11) is -4.64. The molecule has 0 heterocycles. The molecule has 0 aromatic carbocycles. The molecule has 0 saturated heterocycles. The van der Waals surface area contributed by atoms with Crippen LogP contribution in [0.25, 0.3) is 0 Å². The Labute approximate surface area is 358 Å². The highest BCUT2D eigenvalue weighted by atomic mass is 31.2. The van der Waals surface area contributed by atoms with E-state index in [0.717, 1.165) is 103 Å². The molecule has 11 heteroatoms. The van der Waals surface area contributed by atoms with Crippen molar-refractivity contribution in [1.82, 2.24) is 0 Å². The number of rotatable bonds is 41. The number of hydrogen-bond donors (Lipinski definition) is 3. The van der Waals surface area contributed by atoms with E-state index >= 15 is 0 Å². The lowest BCUT2D eigenvalue weighted by Crippen LogP contribution is -2.34. The number of phosphoric ester groups is 1. The van der Waals surface area contributed by atoms with Crippen LogP contribution in [0.4, 0.5) is 0 Å². The predicted octanol–water partition coefficient (Wildman–Crippen LogP) is 12.5. The molecule has 0 saturated carbocycles. The van der Waals surface area contributed by atoms with Gasteiger partial charge in [0.15, 0.2) is 0 Å². The Bertz CT molecular complexity index is 1300. The van der Waals surface area contributed by atoms with Crippen LogP contribution >= 0.6 is 7.82 Å². The Balaban J connectivity index is 4.31. The second-order valence-electron chi connectivity index (χ2n) is 14.4. The van der Waals surface area contributed by atoms with Gasteiger partial charge in [0, 0.05) is 13.0 Å². The Morgan fingerprint density at radius 2 is 0.932 bits per heavy atom. The molecule has 0 aliphatic heterocycles. The standard InChI is InChI=1S/C48H80NO9P/c1-3-5-7-9-11-13-15-17-19-21-22-23-25-27-29-31-33-35-37-39-41-55-42-45(43-56-59(53,54)57-44-46(49)48(51)52)58-47(50)40-38-36-34-32-30-28-26-24-20-18-16-14-12-10-8-6-4-2/h5-8,11-14,17-20,22-23,26,28,45-46H,3-4,9-10,15-16,21,24-25,27,29-44,49H2,1-2H3,(H,51,52)(H,53,54)/b7-5-,8-6-,13-11-,14-12-,19-17-,20-18-,23-22-,28-26-. The summed E-state index contributed by atoms with van der Waals surface area (Å²) in [6, 6.07) is -1.49. The molecule has 336 valence electrons. The maximum Gasteiger partial charge on any atom is 0.472 e. The normalized spacial score (nSPS) is 14.8. The molecular formula is C48H80NO9P. The molecule has 0 fully saturated rings. The summed E-state index contributed by atoms with van der Waals surface area (Å²) in [6.07, 6.45) is 56.0. The fraction of sp³-hybridized carbons (Fsp3) is 0.625. The van der Waals surface area contributed by atoms with Gasteiger partial charge in [-0.2, -0.15) is 0 Å². The van der Waals surface area contributed by atoms with Crippen LogP contribution in [0.5, 0.6) is 0 Å². The lowest BCUT2D eigenvalue weighted by atomic mass is 10.1. The lowest BCUT2D eigenvalue weighted by Gasteiger charge is -2.20. The van der Waals surface area contributed by atoms with Crippen LogP contribution in [0, 0.1) is 0 Å². The molecule has 3 unspecified atom stereocenters. The van der Waals surface area contributed by atoms with Gasteiger partial charge in [0.2, 0.25) is 0 Å². The highest BCUT2D eigenvalue weighted by Crippen LogP contribution is 2.43. The van der Waals surface area contributed by atoms with Crippen LogP contribution in [0.2, 0.25) is 0 Å². The maximum absolute atomic E-state index is 12.6. The van der Waals surface area contributed by atoms with Crippen molar-refractivity contribution in [2.75, 3.05) is 26.4 Å². The lowest BCUT2D eigenvalue weighted by molar-refractivity contribution is -0.154. The van der Waals surface area contributed by atoms with Crippen LogP contribution in [-0.4, -0.2) is 60.5 Å². The summed E-state index contributed by atoms with van der Waals surface area (Å²) >= 11 is 0. The number of esters is 1. The average molecular weight is 846 g/mol. The first-order valence-electron chi connectivity index (χ1n) is 22.3. The molecule has 0 bridgehead atoms. The average Bonchev–Trinajstić information content (AvgIpc) is 3.21. The van der Waals surface area contributed by atoms with Crippen LogP contribution in [0.15, 0.2) is 97.2 Å². The Kier molecular flexibility index (Phi) is 40.7. The van der Waals surface area contributed by atoms with Gasteiger partial charge in [-0.3, -0.25) is 18.6 Å². The van der Waals surface area contributed by atoms with Gasteiger partial charge >= 0.3 is 19.8 Å². The molecule has 3 atom stereocenters. The summed E-state index contributed by atoms with van der Waals surface area (Å²) in [4.78, 5) is 33.6. The van der Waals surface area contributed by atoms with E-state index in [1.165, 1.54) is 25.7 Å². The summed E-state index contributed by atoms with van der Waals surface area (Å²) in [5.41, 5.74) is 5.36. The molecule has 0 aliphatic rings. The molecule has 0 rings (SSSR count). The third-order valence-corrected chi connectivity index (χ3v) is 9.81. The molecule has 10 nitrogen and oxygen atoms in total. The largest absolute Gasteiger partial charge is 0.480 e. The van der Waals surface area contributed by atoms with Crippen molar-refractivity contribution < 1.29 is 42.7 Å². The fourth-order valence-electron chi connectivity index (χ4n) is 5.47. The minimum absolute atomic E-state index is 0.00739. The molecule has 0 spiro atoms. The van der Waals surface area contributed by atoms with Crippen molar-refractivity contribution in [3.63, 3.8) is 0 Å². The van der Waals surface area contributed by atoms with Crippen molar-refractivity contribution >= 4 is 19.8 Å². The number of aliphatic carboxylic acids is 1. The maximum atomic E-state index is 12.6. The van der Waals surface area contributed by atoms with Gasteiger partial charge in [-0.05, 0) is 89.9 Å². The topological polar surface area (TPSA) is 155 Å². The van der Waals surface area contributed by atoms with Crippen LogP contribution in [0.1, 0.15) is 155 Å². The Morgan fingerprint density at radius 3 is 1.39 bits per heavy atom. The molecule has 59 heavy (non-hydrogen) atoms. The molecule has 0 amide bonds. The zero-order valence-electron chi connectivity index (χ0n) is 36.6. The number of unbranched alkanes of at least 4 members (excludes halogenated alkanes) is 11. The van der Waals surface area contributed by atoms with Gasteiger partial charge in [0.05, 0.1) is 19.8 Å². The van der Waals surface area contributed by atoms with Gasteiger partial charge in [0.1, 0.15) is 12.1 Å². The molecular weight excluding hydrogens is 765 g/mol. The monoisotopic (exact) mass is 846 g/mol. The summed E-state index contributed by atoms with van der Waals surface area (Å²) in [6.45, 7) is 3.57. The van der Waals surface area contributed by atoms with E-state index in [2.05, 4.69) is 111 Å². The second kappa shape index (κ2) is 43.0. The van der Waals surface area contributed by atoms with Gasteiger partial charge in [0.25, 0.3) is 0 Å². The minimum atomic E-state index is -4.64. The molecule has 0 aromatic heterocycles. The third-order valence-electron chi connectivity index (χ3n) is 8.86. The van der Waals surface area contributed by atoms with Crippen molar-refractivity contribution in [2.24, 2.45) is 5.73 Å². The van der Waals surface area contributed by atoms with Crippen LogP contribution in [-0.2, 0) is 32.7 Å². The highest BCUT2D eigenvalue weighted by molar-refractivity contribution is 7.47. The van der Waals surface area contributed by atoms with E-state index in [1.54, 1.807) is 0 Å². The summed E-state index contributed by atoms with van der Waals surface area (Å²) in [5, 5.41) is 8.90. The third kappa shape index (κ3) is 42.8. The predicted molar refractivity (Wildman–Crippen MR) is 244 cm³/mol. The van der Waals surface area contributed by atoms with E-state index < -0.39 is 45.1 Å². The number of carboxylic acids is 1. The Hall–Kier alpha value is -3.11. The SMILES string of the molecule is CC/C=C\C/C=C\C/C=C\C/C=C\CCCCCCCCCOCC(COP(=O)(O)OCC(N)C(=O)O)OC(=O)CCCCCC/C=C\C/C=C\C/C=C\C/C=C\CC. The fourth-order valence-corrected chi connectivity index (χ4v) is 6.24. The van der Waals surface area contributed by atoms with Crippen molar-refractivity contribution in [1.29, 1.82) is 0 Å². The van der Waals surface area contributed by atoms with E-state index in [9.17, 15) is 19.0 Å². The number of nitrogens with two attached hydrogens (primary N) is 1. The van der Waals surface area contributed by atoms with Crippen molar-refractivity contribution in [2.45, 2.75) is 167 Å². The van der Waals surface area contributed by atoms with Crippen LogP contribution in [0.3, 0.4) is 0 Å². The Morgan fingerprint density at radius 1 is 0.542 bits per heavy atom. The summed E-state index contributed by atoms with van der Waals surface area (Å²) in [5.74, 6) is -1.82. The molecule has 0 aliphatic carbocycles. The first-order chi connectivity index (χ1) is 28.7. The quantitative estimate of drug-likeness (QED) is 0.0234. The van der Waals surface area contributed by atoms with E-state index in [4.69, 9.17) is 29.4 Å². The highest BCUT2D eigenvalue weighted by Gasteiger charge is 2.27. The van der Waals surface area contributed by atoms with Gasteiger partial charge < -0.3 is 25.2 Å². The number of allylic oxidation sites excluding steroid dienone is 16. The first-order valence-corrected chi connectivity index (χ1v) is 23.8. The first kappa shape index (κ1) is 55.9. The molecule has 4 N–H and O–H groups in total. The number of hydrogen-bond acceptors (Lipinski definition) is 8. The van der Waals surface area contributed by atoms with E-state index in [1.807, 2.05) is 0 Å². The number of ether oxygens (including phenoxy) is 2. The van der Waals surface area contributed by atoms with Gasteiger partial charge in [-0.25, -0.2) is 4.57 Å². The minimum Gasteiger partial charge on any atom is -0.480 e. The zero-order chi connectivity index (χ0) is 43.3. The zero-order valence-corrected chi connectivity index (χ0v) is 37.4. The smallest absolute Gasteiger partial charge is 0.472 e. The number of phosphoric acid groups is 1. The molecule has 0 aromatic rings. The molecule has 0 radical (unpaired) electrons. The van der Waals surface area contributed by atoms with E-state index in [0.29, 0.717) is 13.0 Å².